The minimum absolute atomic E-state index is 0.108. The molecule has 3 nitrogen and oxygen atoms in total. The quantitative estimate of drug-likeness (QED) is 0.624. The second-order valence-corrected chi connectivity index (χ2v) is 3.41. The summed E-state index contributed by atoms with van der Waals surface area (Å²) in [5.41, 5.74) is 0.574. The molecular formula is C12H12O3S. The van der Waals surface area contributed by atoms with Crippen LogP contribution < -0.4 is 4.74 Å². The SMILES string of the molecule is COc1cccc(C#CCCS)c1C(=O)O. The number of hydrogen-bond donors (Lipinski definition) is 2. The molecule has 0 heterocycles. The van der Waals surface area contributed by atoms with E-state index in [0.29, 0.717) is 23.5 Å². The summed E-state index contributed by atoms with van der Waals surface area (Å²) < 4.78 is 4.99. The molecule has 84 valence electrons. The molecule has 1 N–H and O–H groups in total. The van der Waals surface area contributed by atoms with Gasteiger partial charge in [-0.15, -0.1) is 0 Å². The average molecular weight is 236 g/mol. The third-order valence-corrected chi connectivity index (χ3v) is 2.14. The van der Waals surface area contributed by atoms with Crippen LogP contribution in [0.25, 0.3) is 0 Å². The molecule has 4 heteroatoms. The zero-order valence-corrected chi connectivity index (χ0v) is 9.75. The highest BCUT2D eigenvalue weighted by molar-refractivity contribution is 7.80. The monoisotopic (exact) mass is 236 g/mol. The number of hydrogen-bond acceptors (Lipinski definition) is 3. The van der Waals surface area contributed by atoms with Gasteiger partial charge < -0.3 is 9.84 Å². The first-order valence-corrected chi connectivity index (χ1v) is 5.34. The van der Waals surface area contributed by atoms with E-state index in [2.05, 4.69) is 24.5 Å². The highest BCUT2D eigenvalue weighted by Gasteiger charge is 2.14. The van der Waals surface area contributed by atoms with E-state index in [9.17, 15) is 4.79 Å². The number of carboxylic acid groups (broad SMARTS) is 1. The maximum atomic E-state index is 11.1. The lowest BCUT2D eigenvalue weighted by atomic mass is 10.1. The van der Waals surface area contributed by atoms with Crippen molar-refractivity contribution < 1.29 is 14.6 Å². The summed E-state index contributed by atoms with van der Waals surface area (Å²) in [6.45, 7) is 0. The van der Waals surface area contributed by atoms with Crippen molar-refractivity contribution in [1.82, 2.24) is 0 Å². The Morgan fingerprint density at radius 3 is 2.88 bits per heavy atom. The Morgan fingerprint density at radius 1 is 1.56 bits per heavy atom. The van der Waals surface area contributed by atoms with Crippen molar-refractivity contribution >= 4 is 18.6 Å². The third kappa shape index (κ3) is 2.94. The summed E-state index contributed by atoms with van der Waals surface area (Å²) in [7, 11) is 1.44. The van der Waals surface area contributed by atoms with Crippen molar-refractivity contribution in [1.29, 1.82) is 0 Å². The molecule has 0 atom stereocenters. The fourth-order valence-corrected chi connectivity index (χ4v) is 1.35. The number of carbonyl (C=O) groups is 1. The fourth-order valence-electron chi connectivity index (χ4n) is 1.24. The van der Waals surface area contributed by atoms with Crippen LogP contribution in [0.3, 0.4) is 0 Å². The van der Waals surface area contributed by atoms with Crippen molar-refractivity contribution in [3.63, 3.8) is 0 Å². The van der Waals surface area contributed by atoms with Crippen LogP contribution in [0.2, 0.25) is 0 Å². The zero-order chi connectivity index (χ0) is 12.0. The van der Waals surface area contributed by atoms with Crippen LogP contribution in [0.1, 0.15) is 22.3 Å². The van der Waals surface area contributed by atoms with Gasteiger partial charge in [0, 0.05) is 17.7 Å². The first kappa shape index (κ1) is 12.5. The molecule has 0 fully saturated rings. The highest BCUT2D eigenvalue weighted by Crippen LogP contribution is 2.21. The molecule has 0 radical (unpaired) electrons. The number of rotatable bonds is 3. The van der Waals surface area contributed by atoms with Gasteiger partial charge in [0.15, 0.2) is 0 Å². The first-order valence-electron chi connectivity index (χ1n) is 4.70. The van der Waals surface area contributed by atoms with E-state index in [4.69, 9.17) is 9.84 Å². The summed E-state index contributed by atoms with van der Waals surface area (Å²) in [5.74, 6) is 5.60. The Hall–Kier alpha value is -1.60. The van der Waals surface area contributed by atoms with Crippen LogP contribution in [0.15, 0.2) is 18.2 Å². The van der Waals surface area contributed by atoms with E-state index in [0.717, 1.165) is 0 Å². The minimum Gasteiger partial charge on any atom is -0.496 e. The van der Waals surface area contributed by atoms with E-state index in [1.807, 2.05) is 0 Å². The van der Waals surface area contributed by atoms with E-state index < -0.39 is 5.97 Å². The van der Waals surface area contributed by atoms with Gasteiger partial charge >= 0.3 is 5.97 Å². The molecule has 0 aliphatic rings. The molecule has 0 saturated heterocycles. The molecule has 1 aromatic rings. The molecular weight excluding hydrogens is 224 g/mol. The van der Waals surface area contributed by atoms with Gasteiger partial charge in [0.05, 0.1) is 7.11 Å². The van der Waals surface area contributed by atoms with Crippen LogP contribution in [-0.2, 0) is 0 Å². The molecule has 1 rings (SSSR count). The van der Waals surface area contributed by atoms with Gasteiger partial charge in [-0.3, -0.25) is 0 Å². The average Bonchev–Trinajstić information content (AvgIpc) is 2.28. The normalized spacial score (nSPS) is 9.12. The second kappa shape index (κ2) is 6.09. The zero-order valence-electron chi connectivity index (χ0n) is 8.86. The molecule has 0 aromatic heterocycles. The smallest absolute Gasteiger partial charge is 0.340 e. The minimum atomic E-state index is -1.03. The molecule has 0 bridgehead atoms. The lowest BCUT2D eigenvalue weighted by Gasteiger charge is -2.05. The Kier molecular flexibility index (Phi) is 4.74. The largest absolute Gasteiger partial charge is 0.496 e. The number of methoxy groups -OCH3 is 1. The van der Waals surface area contributed by atoms with Crippen LogP contribution in [0.5, 0.6) is 5.75 Å². The molecule has 0 aliphatic carbocycles. The third-order valence-electron chi connectivity index (χ3n) is 1.92. The van der Waals surface area contributed by atoms with Crippen LogP contribution in [0.4, 0.5) is 0 Å². The lowest BCUT2D eigenvalue weighted by Crippen LogP contribution is -2.03. The second-order valence-electron chi connectivity index (χ2n) is 2.96. The number of ether oxygens (including phenoxy) is 1. The van der Waals surface area contributed by atoms with Gasteiger partial charge in [-0.2, -0.15) is 12.6 Å². The summed E-state index contributed by atoms with van der Waals surface area (Å²) in [5, 5.41) is 9.07. The Morgan fingerprint density at radius 2 is 2.31 bits per heavy atom. The predicted octanol–water partition coefficient (Wildman–Crippen LogP) is 2.06. The van der Waals surface area contributed by atoms with Crippen molar-refractivity contribution in [3.05, 3.63) is 29.3 Å². The Labute approximate surface area is 99.8 Å². The molecule has 0 saturated carbocycles. The summed E-state index contributed by atoms with van der Waals surface area (Å²) in [6, 6.07) is 4.99. The molecule has 0 aliphatic heterocycles. The maximum Gasteiger partial charge on any atom is 0.340 e. The van der Waals surface area contributed by atoms with Crippen LogP contribution >= 0.6 is 12.6 Å². The standard InChI is InChI=1S/C12H12O3S/c1-15-10-7-4-6-9(5-2-3-8-16)11(10)12(13)14/h4,6-7,16H,3,8H2,1H3,(H,13,14). The molecule has 16 heavy (non-hydrogen) atoms. The van der Waals surface area contributed by atoms with E-state index in [-0.39, 0.29) is 5.56 Å². The fraction of sp³-hybridized carbons (Fsp3) is 0.250. The molecule has 0 amide bonds. The first-order chi connectivity index (χ1) is 7.70. The van der Waals surface area contributed by atoms with Crippen molar-refractivity contribution in [2.45, 2.75) is 6.42 Å². The summed E-state index contributed by atoms with van der Waals surface area (Å²) in [4.78, 5) is 11.1. The Balaban J connectivity index is 3.19. The molecule has 0 spiro atoms. The van der Waals surface area contributed by atoms with Crippen molar-refractivity contribution in [3.8, 4) is 17.6 Å². The molecule has 0 unspecified atom stereocenters. The Bertz CT molecular complexity index is 443. The van der Waals surface area contributed by atoms with Gasteiger partial charge in [0.1, 0.15) is 11.3 Å². The number of carboxylic acids is 1. The summed E-state index contributed by atoms with van der Waals surface area (Å²) in [6.07, 6.45) is 0.624. The summed E-state index contributed by atoms with van der Waals surface area (Å²) >= 11 is 4.03. The van der Waals surface area contributed by atoms with Gasteiger partial charge in [-0.05, 0) is 12.1 Å². The van der Waals surface area contributed by atoms with E-state index in [1.165, 1.54) is 7.11 Å². The maximum absolute atomic E-state index is 11.1. The van der Waals surface area contributed by atoms with Gasteiger partial charge in [0.2, 0.25) is 0 Å². The van der Waals surface area contributed by atoms with E-state index >= 15 is 0 Å². The van der Waals surface area contributed by atoms with E-state index in [1.54, 1.807) is 18.2 Å². The van der Waals surface area contributed by atoms with Crippen LogP contribution in [-0.4, -0.2) is 23.9 Å². The number of aromatic carboxylic acids is 1. The number of benzene rings is 1. The number of thiol groups is 1. The predicted molar refractivity (Wildman–Crippen MR) is 65.3 cm³/mol. The van der Waals surface area contributed by atoms with Gasteiger partial charge in [-0.25, -0.2) is 4.79 Å². The van der Waals surface area contributed by atoms with Crippen LogP contribution in [0, 0.1) is 11.8 Å². The molecule has 1 aromatic carbocycles. The topological polar surface area (TPSA) is 46.5 Å². The van der Waals surface area contributed by atoms with Crippen molar-refractivity contribution in [2.24, 2.45) is 0 Å². The van der Waals surface area contributed by atoms with Crippen molar-refractivity contribution in [2.75, 3.05) is 12.9 Å². The van der Waals surface area contributed by atoms with Gasteiger partial charge in [-0.1, -0.05) is 17.9 Å². The lowest BCUT2D eigenvalue weighted by molar-refractivity contribution is 0.0693. The highest BCUT2D eigenvalue weighted by atomic mass is 32.1. The van der Waals surface area contributed by atoms with Gasteiger partial charge in [0.25, 0.3) is 0 Å².